The highest BCUT2D eigenvalue weighted by molar-refractivity contribution is 8.13. The number of aliphatic imine (C=N–C) groups is 1. The standard InChI is InChI=1S/C9H4F4N6OS/c10-6-5(9(11,12)13)3(1-14)8(15-7(6)20)21-2-4-16-18-19-17-4/h6H,2H2,(H,16,17,18,19). The van der Waals surface area contributed by atoms with E-state index in [0.29, 0.717) is 11.8 Å². The SMILES string of the molecule is N#CC1=C(C(F)(F)F)C(F)C(=O)N=C1SCc1nn[nH]n1. The first kappa shape index (κ1) is 15.1. The monoisotopic (exact) mass is 320 g/mol. The fourth-order valence-electron chi connectivity index (χ4n) is 1.45. The van der Waals surface area contributed by atoms with Crippen LogP contribution in [0.5, 0.6) is 0 Å². The first-order valence-corrected chi connectivity index (χ1v) is 6.16. The van der Waals surface area contributed by atoms with E-state index in [4.69, 9.17) is 5.26 Å². The number of thioether (sulfide) groups is 1. The highest BCUT2D eigenvalue weighted by atomic mass is 32.2. The fraction of sp³-hybridized carbons (Fsp3) is 0.333. The number of nitrogens with one attached hydrogen (secondary N) is 1. The van der Waals surface area contributed by atoms with Gasteiger partial charge in [-0.1, -0.05) is 17.0 Å². The molecule has 0 saturated heterocycles. The van der Waals surface area contributed by atoms with E-state index >= 15 is 0 Å². The summed E-state index contributed by atoms with van der Waals surface area (Å²) < 4.78 is 51.8. The Morgan fingerprint density at radius 2 is 2.14 bits per heavy atom. The molecule has 110 valence electrons. The van der Waals surface area contributed by atoms with Crippen molar-refractivity contribution < 1.29 is 22.4 Å². The van der Waals surface area contributed by atoms with Crippen LogP contribution >= 0.6 is 11.8 Å². The molecule has 1 unspecified atom stereocenters. The second-order valence-electron chi connectivity index (χ2n) is 3.63. The van der Waals surface area contributed by atoms with Gasteiger partial charge < -0.3 is 0 Å². The van der Waals surface area contributed by atoms with E-state index in [-0.39, 0.29) is 11.6 Å². The quantitative estimate of drug-likeness (QED) is 0.817. The van der Waals surface area contributed by atoms with E-state index in [0.717, 1.165) is 0 Å². The molecular formula is C9H4F4N6OS. The summed E-state index contributed by atoms with van der Waals surface area (Å²) in [5.74, 6) is -1.56. The topological polar surface area (TPSA) is 108 Å². The molecule has 1 aromatic rings. The molecule has 1 amide bonds. The Bertz CT molecular complexity index is 659. The van der Waals surface area contributed by atoms with Crippen LogP contribution in [0.4, 0.5) is 17.6 Å². The number of alkyl halides is 4. The molecule has 0 aliphatic carbocycles. The van der Waals surface area contributed by atoms with Crippen LogP contribution in [0.2, 0.25) is 0 Å². The van der Waals surface area contributed by atoms with Gasteiger partial charge in [-0.25, -0.2) is 9.38 Å². The Balaban J connectivity index is 2.35. The van der Waals surface area contributed by atoms with E-state index in [1.165, 1.54) is 6.07 Å². The van der Waals surface area contributed by atoms with Gasteiger partial charge in [0.2, 0.25) is 6.17 Å². The molecule has 7 nitrogen and oxygen atoms in total. The minimum Gasteiger partial charge on any atom is -0.269 e. The van der Waals surface area contributed by atoms with E-state index < -0.39 is 34.4 Å². The minimum absolute atomic E-state index is 0.0874. The van der Waals surface area contributed by atoms with Crippen molar-refractivity contribution in [1.29, 1.82) is 5.26 Å². The maximum Gasteiger partial charge on any atom is 0.417 e. The van der Waals surface area contributed by atoms with Gasteiger partial charge in [0.1, 0.15) is 11.1 Å². The van der Waals surface area contributed by atoms with Crippen molar-refractivity contribution in [2.45, 2.75) is 18.1 Å². The average Bonchev–Trinajstić information content (AvgIpc) is 2.91. The first-order valence-electron chi connectivity index (χ1n) is 5.18. The zero-order valence-corrected chi connectivity index (χ0v) is 10.7. The predicted octanol–water partition coefficient (Wildman–Crippen LogP) is 1.09. The number of halogens is 4. The molecule has 12 heteroatoms. The lowest BCUT2D eigenvalue weighted by Crippen LogP contribution is -2.33. The zero-order chi connectivity index (χ0) is 15.6. The molecule has 0 saturated carbocycles. The van der Waals surface area contributed by atoms with Crippen molar-refractivity contribution in [2.75, 3.05) is 0 Å². The van der Waals surface area contributed by atoms with Gasteiger partial charge in [-0.2, -0.15) is 23.6 Å². The van der Waals surface area contributed by atoms with Crippen molar-refractivity contribution in [3.05, 3.63) is 17.0 Å². The number of tetrazole rings is 1. The van der Waals surface area contributed by atoms with Crippen molar-refractivity contribution in [3.63, 3.8) is 0 Å². The number of nitrogens with zero attached hydrogens (tertiary/aromatic N) is 5. The number of aromatic nitrogens is 4. The number of hydrogen-bond acceptors (Lipinski definition) is 6. The Morgan fingerprint density at radius 3 is 2.67 bits per heavy atom. The molecule has 0 spiro atoms. The van der Waals surface area contributed by atoms with Crippen LogP contribution in [0.1, 0.15) is 5.82 Å². The number of aromatic amines is 1. The van der Waals surface area contributed by atoms with E-state index in [1.54, 1.807) is 0 Å². The Kier molecular flexibility index (Phi) is 4.03. The maximum atomic E-state index is 13.4. The molecule has 0 radical (unpaired) electrons. The zero-order valence-electron chi connectivity index (χ0n) is 9.85. The number of dihydropyridines is 1. The first-order chi connectivity index (χ1) is 9.84. The summed E-state index contributed by atoms with van der Waals surface area (Å²) in [6.45, 7) is 0. The van der Waals surface area contributed by atoms with Gasteiger partial charge in [-0.15, -0.1) is 10.2 Å². The predicted molar refractivity (Wildman–Crippen MR) is 61.5 cm³/mol. The molecule has 1 atom stereocenters. The van der Waals surface area contributed by atoms with Gasteiger partial charge in [0.05, 0.1) is 16.9 Å². The summed E-state index contributed by atoms with van der Waals surface area (Å²) >= 11 is 0.611. The molecule has 1 N–H and O–H groups in total. The van der Waals surface area contributed by atoms with Crippen LogP contribution in [0.3, 0.4) is 0 Å². The highest BCUT2D eigenvalue weighted by Gasteiger charge is 2.48. The highest BCUT2D eigenvalue weighted by Crippen LogP contribution is 2.37. The van der Waals surface area contributed by atoms with Crippen LogP contribution in [0, 0.1) is 11.3 Å². The molecule has 0 bridgehead atoms. The van der Waals surface area contributed by atoms with Gasteiger partial charge in [0, 0.05) is 0 Å². The lowest BCUT2D eigenvalue weighted by molar-refractivity contribution is -0.129. The number of rotatable bonds is 2. The molecule has 2 rings (SSSR count). The third-order valence-electron chi connectivity index (χ3n) is 2.31. The number of carbonyl (C=O) groups is 1. The molecule has 0 aromatic carbocycles. The van der Waals surface area contributed by atoms with Gasteiger partial charge >= 0.3 is 6.18 Å². The minimum atomic E-state index is -5.14. The molecule has 2 heterocycles. The maximum absolute atomic E-state index is 13.4. The fourth-order valence-corrected chi connectivity index (χ4v) is 2.30. The lowest BCUT2D eigenvalue weighted by atomic mass is 10.0. The third kappa shape index (κ3) is 3.07. The number of carbonyl (C=O) groups excluding carboxylic acids is 1. The van der Waals surface area contributed by atoms with Crippen LogP contribution in [0.15, 0.2) is 16.1 Å². The summed E-state index contributed by atoms with van der Waals surface area (Å²) in [5, 5.41) is 20.8. The van der Waals surface area contributed by atoms with Crippen LogP contribution in [-0.2, 0) is 10.5 Å². The van der Waals surface area contributed by atoms with E-state index in [1.807, 2.05) is 0 Å². The molecule has 1 aliphatic rings. The van der Waals surface area contributed by atoms with E-state index in [2.05, 4.69) is 25.6 Å². The van der Waals surface area contributed by atoms with Crippen molar-refractivity contribution in [3.8, 4) is 6.07 Å². The Labute approximate surface area is 118 Å². The summed E-state index contributed by atoms with van der Waals surface area (Å²) in [6.07, 6.45) is -8.14. The largest absolute Gasteiger partial charge is 0.417 e. The molecule has 1 aromatic heterocycles. The normalized spacial score (nSPS) is 19.5. The Morgan fingerprint density at radius 1 is 1.43 bits per heavy atom. The van der Waals surface area contributed by atoms with Crippen molar-refractivity contribution in [2.24, 2.45) is 4.99 Å². The number of nitriles is 1. The second kappa shape index (κ2) is 5.60. The van der Waals surface area contributed by atoms with Gasteiger partial charge in [0.15, 0.2) is 5.82 Å². The van der Waals surface area contributed by atoms with Crippen LogP contribution in [-0.4, -0.2) is 43.9 Å². The summed E-state index contributed by atoms with van der Waals surface area (Å²) in [5.41, 5.74) is -2.84. The molecular weight excluding hydrogens is 316 g/mol. The van der Waals surface area contributed by atoms with E-state index in [9.17, 15) is 22.4 Å². The third-order valence-corrected chi connectivity index (χ3v) is 3.28. The molecule has 0 fully saturated rings. The van der Waals surface area contributed by atoms with Crippen molar-refractivity contribution >= 4 is 22.7 Å². The second-order valence-corrected chi connectivity index (χ2v) is 4.60. The summed E-state index contributed by atoms with van der Waals surface area (Å²) in [6, 6.07) is 1.24. The number of amides is 1. The molecule has 1 aliphatic heterocycles. The van der Waals surface area contributed by atoms with Gasteiger partial charge in [-0.3, -0.25) is 4.79 Å². The smallest absolute Gasteiger partial charge is 0.269 e. The lowest BCUT2D eigenvalue weighted by Gasteiger charge is -2.20. The van der Waals surface area contributed by atoms with Gasteiger partial charge in [-0.05, 0) is 0 Å². The van der Waals surface area contributed by atoms with Gasteiger partial charge in [0.25, 0.3) is 5.91 Å². The number of hydrogen-bond donors (Lipinski definition) is 1. The van der Waals surface area contributed by atoms with Crippen LogP contribution in [0.25, 0.3) is 0 Å². The number of H-pyrrole nitrogens is 1. The van der Waals surface area contributed by atoms with Crippen LogP contribution < -0.4 is 0 Å². The molecule has 21 heavy (non-hydrogen) atoms. The summed E-state index contributed by atoms with van der Waals surface area (Å²) in [7, 11) is 0. The Hall–Kier alpha value is -2.29. The van der Waals surface area contributed by atoms with Crippen molar-refractivity contribution in [1.82, 2.24) is 20.6 Å². The summed E-state index contributed by atoms with van der Waals surface area (Å²) in [4.78, 5) is 14.4. The average molecular weight is 320 g/mol.